The van der Waals surface area contributed by atoms with Gasteiger partial charge in [0.25, 0.3) is 0 Å². The number of hydrogen-bond acceptors (Lipinski definition) is 1. The minimum atomic E-state index is 0.780. The molecule has 1 nitrogen and oxygen atoms in total. The predicted molar refractivity (Wildman–Crippen MR) is 63.6 cm³/mol. The van der Waals surface area contributed by atoms with Crippen LogP contribution >= 0.6 is 0 Å². The summed E-state index contributed by atoms with van der Waals surface area (Å²) in [6.07, 6.45) is 13.0. The zero-order valence-corrected chi connectivity index (χ0v) is 10.0. The Morgan fingerprint density at radius 1 is 1.14 bits per heavy atom. The van der Waals surface area contributed by atoms with Crippen molar-refractivity contribution in [3.63, 3.8) is 0 Å². The Labute approximate surface area is 89.7 Å². The Hall–Kier alpha value is -0.0400. The molecule has 0 heterocycles. The molecular weight excluding hydrogens is 170 g/mol. The summed E-state index contributed by atoms with van der Waals surface area (Å²) in [6, 6.07) is 0.780. The largest absolute Gasteiger partial charge is 0.317 e. The van der Waals surface area contributed by atoms with E-state index in [0.29, 0.717) is 0 Å². The van der Waals surface area contributed by atoms with Crippen LogP contribution in [-0.4, -0.2) is 13.1 Å². The Balaban J connectivity index is 2.10. The topological polar surface area (TPSA) is 12.0 Å². The van der Waals surface area contributed by atoms with Crippen LogP contribution in [0.4, 0.5) is 0 Å². The van der Waals surface area contributed by atoms with Crippen LogP contribution < -0.4 is 5.32 Å². The Bertz CT molecular complexity index is 122. The highest BCUT2D eigenvalue weighted by Gasteiger charge is 2.14. The molecule has 0 aromatic carbocycles. The molecule has 1 aliphatic rings. The third-order valence-electron chi connectivity index (χ3n) is 3.69. The summed E-state index contributed by atoms with van der Waals surface area (Å²) in [7, 11) is 2.11. The lowest BCUT2D eigenvalue weighted by Crippen LogP contribution is -2.25. The lowest BCUT2D eigenvalue weighted by atomic mass is 9.85. The van der Waals surface area contributed by atoms with Gasteiger partial charge >= 0.3 is 0 Å². The van der Waals surface area contributed by atoms with E-state index in [1.54, 1.807) is 0 Å². The first-order valence-corrected chi connectivity index (χ1v) is 6.54. The van der Waals surface area contributed by atoms with Crippen LogP contribution in [0.25, 0.3) is 0 Å². The molecule has 1 unspecified atom stereocenters. The first-order chi connectivity index (χ1) is 6.86. The zero-order valence-electron chi connectivity index (χ0n) is 10.0. The smallest absolute Gasteiger partial charge is 0.00640 e. The average molecular weight is 197 g/mol. The van der Waals surface area contributed by atoms with Crippen molar-refractivity contribution in [1.29, 1.82) is 0 Å². The Kier molecular flexibility index (Phi) is 6.25. The number of nitrogens with one attached hydrogen (secondary N) is 1. The highest BCUT2D eigenvalue weighted by atomic mass is 14.9. The highest BCUT2D eigenvalue weighted by molar-refractivity contribution is 4.70. The molecule has 1 saturated carbocycles. The van der Waals surface area contributed by atoms with E-state index in [-0.39, 0.29) is 0 Å². The van der Waals surface area contributed by atoms with E-state index in [9.17, 15) is 0 Å². The van der Waals surface area contributed by atoms with Crippen molar-refractivity contribution in [1.82, 2.24) is 5.32 Å². The van der Waals surface area contributed by atoms with Gasteiger partial charge in [-0.25, -0.2) is 0 Å². The SMILES string of the molecule is CCCC(CCC1CCCCC1)NC. The molecule has 14 heavy (non-hydrogen) atoms. The van der Waals surface area contributed by atoms with Gasteiger partial charge in [0.15, 0.2) is 0 Å². The van der Waals surface area contributed by atoms with Gasteiger partial charge in [0.1, 0.15) is 0 Å². The maximum atomic E-state index is 3.44. The molecule has 1 fully saturated rings. The van der Waals surface area contributed by atoms with Gasteiger partial charge < -0.3 is 5.32 Å². The van der Waals surface area contributed by atoms with Gasteiger partial charge in [-0.15, -0.1) is 0 Å². The van der Waals surface area contributed by atoms with Crippen LogP contribution in [0, 0.1) is 5.92 Å². The van der Waals surface area contributed by atoms with Gasteiger partial charge in [0.2, 0.25) is 0 Å². The molecule has 1 heteroatoms. The first kappa shape index (κ1) is 12.0. The van der Waals surface area contributed by atoms with Gasteiger partial charge in [-0.05, 0) is 32.2 Å². The molecule has 0 bridgehead atoms. The molecule has 0 spiro atoms. The molecule has 0 aromatic rings. The average Bonchev–Trinajstić information content (AvgIpc) is 2.25. The summed E-state index contributed by atoms with van der Waals surface area (Å²) in [4.78, 5) is 0. The standard InChI is InChI=1S/C13H27N/c1-3-7-13(14-2)11-10-12-8-5-4-6-9-12/h12-14H,3-11H2,1-2H3. The quantitative estimate of drug-likeness (QED) is 0.684. The third-order valence-corrected chi connectivity index (χ3v) is 3.69. The molecule has 0 radical (unpaired) electrons. The fourth-order valence-corrected chi connectivity index (χ4v) is 2.69. The number of rotatable bonds is 6. The molecule has 0 amide bonds. The molecule has 84 valence electrons. The van der Waals surface area contributed by atoms with Gasteiger partial charge in [0.05, 0.1) is 0 Å². The van der Waals surface area contributed by atoms with Gasteiger partial charge in [-0.1, -0.05) is 45.4 Å². The summed E-state index contributed by atoms with van der Waals surface area (Å²) in [5, 5.41) is 3.44. The molecular formula is C13H27N. The van der Waals surface area contributed by atoms with Crippen molar-refractivity contribution in [2.45, 2.75) is 70.8 Å². The monoisotopic (exact) mass is 197 g/mol. The minimum absolute atomic E-state index is 0.780. The van der Waals surface area contributed by atoms with Crippen LogP contribution in [0.2, 0.25) is 0 Å². The molecule has 0 aliphatic heterocycles. The summed E-state index contributed by atoms with van der Waals surface area (Å²) in [5.41, 5.74) is 0. The summed E-state index contributed by atoms with van der Waals surface area (Å²) in [5.74, 6) is 1.05. The Morgan fingerprint density at radius 2 is 1.86 bits per heavy atom. The van der Waals surface area contributed by atoms with Crippen LogP contribution in [0.15, 0.2) is 0 Å². The molecule has 0 aromatic heterocycles. The lowest BCUT2D eigenvalue weighted by molar-refractivity contribution is 0.312. The van der Waals surface area contributed by atoms with Crippen molar-refractivity contribution < 1.29 is 0 Å². The van der Waals surface area contributed by atoms with Crippen molar-refractivity contribution in [2.75, 3.05) is 7.05 Å². The maximum absolute atomic E-state index is 3.44. The van der Waals surface area contributed by atoms with Crippen LogP contribution in [0.1, 0.15) is 64.7 Å². The van der Waals surface area contributed by atoms with Crippen molar-refractivity contribution in [3.8, 4) is 0 Å². The van der Waals surface area contributed by atoms with Crippen molar-refractivity contribution in [2.24, 2.45) is 5.92 Å². The van der Waals surface area contributed by atoms with Crippen molar-refractivity contribution in [3.05, 3.63) is 0 Å². The second-order valence-electron chi connectivity index (χ2n) is 4.86. The van der Waals surface area contributed by atoms with Crippen molar-refractivity contribution >= 4 is 0 Å². The first-order valence-electron chi connectivity index (χ1n) is 6.54. The van der Waals surface area contributed by atoms with Gasteiger partial charge in [-0.2, -0.15) is 0 Å². The second-order valence-corrected chi connectivity index (χ2v) is 4.86. The van der Waals surface area contributed by atoms with E-state index in [1.165, 1.54) is 57.8 Å². The van der Waals surface area contributed by atoms with E-state index in [1.807, 2.05) is 0 Å². The lowest BCUT2D eigenvalue weighted by Gasteiger charge is -2.24. The van der Waals surface area contributed by atoms with E-state index < -0.39 is 0 Å². The van der Waals surface area contributed by atoms with E-state index in [2.05, 4.69) is 19.3 Å². The third kappa shape index (κ3) is 4.45. The number of hydrogen-bond donors (Lipinski definition) is 1. The van der Waals surface area contributed by atoms with E-state index in [0.717, 1.165) is 12.0 Å². The highest BCUT2D eigenvalue weighted by Crippen LogP contribution is 2.28. The second kappa shape index (κ2) is 7.28. The van der Waals surface area contributed by atoms with Crippen LogP contribution in [0.3, 0.4) is 0 Å². The predicted octanol–water partition coefficient (Wildman–Crippen LogP) is 3.74. The van der Waals surface area contributed by atoms with E-state index >= 15 is 0 Å². The van der Waals surface area contributed by atoms with Crippen LogP contribution in [-0.2, 0) is 0 Å². The molecule has 0 saturated heterocycles. The maximum Gasteiger partial charge on any atom is 0.00640 e. The fourth-order valence-electron chi connectivity index (χ4n) is 2.69. The fraction of sp³-hybridized carbons (Fsp3) is 1.00. The van der Waals surface area contributed by atoms with Gasteiger partial charge in [-0.3, -0.25) is 0 Å². The minimum Gasteiger partial charge on any atom is -0.317 e. The summed E-state index contributed by atoms with van der Waals surface area (Å²) < 4.78 is 0. The van der Waals surface area contributed by atoms with E-state index in [4.69, 9.17) is 0 Å². The van der Waals surface area contributed by atoms with Gasteiger partial charge in [0, 0.05) is 6.04 Å². The molecule has 1 atom stereocenters. The molecule has 1 rings (SSSR count). The summed E-state index contributed by atoms with van der Waals surface area (Å²) >= 11 is 0. The molecule has 1 aliphatic carbocycles. The van der Waals surface area contributed by atoms with Crippen LogP contribution in [0.5, 0.6) is 0 Å². The Morgan fingerprint density at radius 3 is 2.43 bits per heavy atom. The normalized spacial score (nSPS) is 21.0. The molecule has 1 N–H and O–H groups in total. The summed E-state index contributed by atoms with van der Waals surface area (Å²) in [6.45, 7) is 2.28. The zero-order chi connectivity index (χ0) is 10.2.